The van der Waals surface area contributed by atoms with Crippen molar-refractivity contribution >= 4 is 0 Å². The van der Waals surface area contributed by atoms with Crippen LogP contribution in [0.1, 0.15) is 32.7 Å². The van der Waals surface area contributed by atoms with Gasteiger partial charge in [0.2, 0.25) is 0 Å². The average molecular weight is 198 g/mol. The van der Waals surface area contributed by atoms with Crippen LogP contribution >= 0.6 is 0 Å². The van der Waals surface area contributed by atoms with Crippen molar-refractivity contribution in [1.82, 2.24) is 9.55 Å². The van der Waals surface area contributed by atoms with Gasteiger partial charge >= 0.3 is 0 Å². The van der Waals surface area contributed by atoms with Crippen LogP contribution in [0.2, 0.25) is 0 Å². The van der Waals surface area contributed by atoms with Crippen molar-refractivity contribution in [1.29, 1.82) is 0 Å². The zero-order chi connectivity index (χ0) is 10.8. The van der Waals surface area contributed by atoms with Crippen LogP contribution in [0.3, 0.4) is 0 Å². The van der Waals surface area contributed by atoms with Crippen LogP contribution in [0.5, 0.6) is 0 Å². The van der Waals surface area contributed by atoms with Crippen molar-refractivity contribution in [2.45, 2.75) is 32.5 Å². The van der Waals surface area contributed by atoms with E-state index in [0.29, 0.717) is 5.82 Å². The molecule has 1 aromatic heterocycles. The number of aliphatic hydroxyl groups excluding tert-OH is 1. The van der Waals surface area contributed by atoms with Crippen molar-refractivity contribution in [3.05, 3.63) is 18.2 Å². The third-order valence-electron chi connectivity index (χ3n) is 1.83. The summed E-state index contributed by atoms with van der Waals surface area (Å²) in [6, 6.07) is 0. The summed E-state index contributed by atoms with van der Waals surface area (Å²) in [5.41, 5.74) is -0.230. The average Bonchev–Trinajstić information content (AvgIpc) is 2.46. The van der Waals surface area contributed by atoms with Crippen molar-refractivity contribution in [3.8, 4) is 0 Å². The molecule has 1 heterocycles. The molecule has 1 aromatic rings. The highest BCUT2D eigenvalue weighted by atomic mass is 16.5. The Morgan fingerprint density at radius 2 is 2.21 bits per heavy atom. The van der Waals surface area contributed by atoms with E-state index in [1.165, 1.54) is 0 Å². The molecule has 1 atom stereocenters. The predicted molar refractivity (Wildman–Crippen MR) is 53.9 cm³/mol. The third-order valence-corrected chi connectivity index (χ3v) is 1.83. The van der Waals surface area contributed by atoms with Crippen molar-refractivity contribution in [2.75, 3.05) is 6.61 Å². The molecule has 1 N–H and O–H groups in total. The van der Waals surface area contributed by atoms with E-state index in [1.54, 1.807) is 17.0 Å². The maximum atomic E-state index is 9.75. The number of aryl methyl sites for hydroxylation is 1. The van der Waals surface area contributed by atoms with Gasteiger partial charge in [-0.05, 0) is 20.8 Å². The summed E-state index contributed by atoms with van der Waals surface area (Å²) >= 11 is 0. The molecule has 0 saturated carbocycles. The van der Waals surface area contributed by atoms with Gasteiger partial charge in [-0.15, -0.1) is 0 Å². The molecule has 0 aliphatic heterocycles. The number of ether oxygens (including phenoxy) is 1. The largest absolute Gasteiger partial charge is 0.383 e. The second-order valence-corrected chi connectivity index (χ2v) is 4.34. The molecule has 4 nitrogen and oxygen atoms in total. The van der Waals surface area contributed by atoms with Gasteiger partial charge in [0, 0.05) is 19.4 Å². The fourth-order valence-corrected chi connectivity index (χ4v) is 1.10. The molecule has 0 saturated heterocycles. The molecule has 14 heavy (non-hydrogen) atoms. The first-order valence-electron chi connectivity index (χ1n) is 4.69. The third kappa shape index (κ3) is 3.12. The highest BCUT2D eigenvalue weighted by Crippen LogP contribution is 2.14. The number of nitrogens with zero attached hydrogens (tertiary/aromatic N) is 2. The summed E-state index contributed by atoms with van der Waals surface area (Å²) in [4.78, 5) is 4.05. The predicted octanol–water partition coefficient (Wildman–Crippen LogP) is 1.27. The molecule has 1 rings (SSSR count). The van der Waals surface area contributed by atoms with Crippen LogP contribution in [-0.2, 0) is 11.8 Å². The molecular weight excluding hydrogens is 180 g/mol. The molecular formula is C10H18N2O2. The standard InChI is InChI=1S/C10H18N2O2/c1-10(2,3)14-7-8(13)9-11-5-6-12(9)4/h5-6,8,13H,7H2,1-4H3. The van der Waals surface area contributed by atoms with Gasteiger partial charge in [0.05, 0.1) is 12.2 Å². The van der Waals surface area contributed by atoms with Crippen LogP contribution < -0.4 is 0 Å². The first-order chi connectivity index (χ1) is 6.40. The highest BCUT2D eigenvalue weighted by molar-refractivity contribution is 4.95. The number of hydrogen-bond acceptors (Lipinski definition) is 3. The Labute approximate surface area is 84.5 Å². The van der Waals surface area contributed by atoms with E-state index in [1.807, 2.05) is 27.8 Å². The van der Waals surface area contributed by atoms with E-state index < -0.39 is 6.10 Å². The fraction of sp³-hybridized carbons (Fsp3) is 0.700. The maximum absolute atomic E-state index is 9.75. The van der Waals surface area contributed by atoms with E-state index in [2.05, 4.69) is 4.98 Å². The molecule has 0 aromatic carbocycles. The minimum Gasteiger partial charge on any atom is -0.383 e. The molecule has 0 radical (unpaired) electrons. The van der Waals surface area contributed by atoms with Crippen LogP contribution in [0.25, 0.3) is 0 Å². The molecule has 0 bridgehead atoms. The summed E-state index contributed by atoms with van der Waals surface area (Å²) in [7, 11) is 1.85. The van der Waals surface area contributed by atoms with Gasteiger partial charge in [0.1, 0.15) is 11.9 Å². The Morgan fingerprint density at radius 1 is 1.57 bits per heavy atom. The molecule has 0 aliphatic carbocycles. The number of rotatable bonds is 3. The number of imidazole rings is 1. The van der Waals surface area contributed by atoms with E-state index in [4.69, 9.17) is 4.74 Å². The molecule has 0 aliphatic rings. The zero-order valence-corrected chi connectivity index (χ0v) is 9.19. The van der Waals surface area contributed by atoms with Gasteiger partial charge in [-0.2, -0.15) is 0 Å². The van der Waals surface area contributed by atoms with Crippen molar-refractivity contribution in [2.24, 2.45) is 7.05 Å². The Morgan fingerprint density at radius 3 is 2.64 bits per heavy atom. The number of hydrogen-bond donors (Lipinski definition) is 1. The number of aromatic nitrogens is 2. The summed E-state index contributed by atoms with van der Waals surface area (Å²) in [6.07, 6.45) is 2.81. The topological polar surface area (TPSA) is 47.3 Å². The maximum Gasteiger partial charge on any atom is 0.139 e. The van der Waals surface area contributed by atoms with E-state index in [0.717, 1.165) is 0 Å². The van der Waals surface area contributed by atoms with Crippen LogP contribution in [-0.4, -0.2) is 26.9 Å². The summed E-state index contributed by atoms with van der Waals surface area (Å²) in [6.45, 7) is 6.14. The molecule has 1 unspecified atom stereocenters. The van der Waals surface area contributed by atoms with Gasteiger partial charge in [-0.25, -0.2) is 4.98 Å². The highest BCUT2D eigenvalue weighted by Gasteiger charge is 2.17. The zero-order valence-electron chi connectivity index (χ0n) is 9.19. The van der Waals surface area contributed by atoms with Crippen LogP contribution in [0.4, 0.5) is 0 Å². The monoisotopic (exact) mass is 198 g/mol. The van der Waals surface area contributed by atoms with Gasteiger partial charge in [-0.3, -0.25) is 0 Å². The minimum atomic E-state index is -0.658. The molecule has 80 valence electrons. The van der Waals surface area contributed by atoms with Crippen LogP contribution in [0.15, 0.2) is 12.4 Å². The normalized spacial score (nSPS) is 14.4. The van der Waals surface area contributed by atoms with Crippen molar-refractivity contribution < 1.29 is 9.84 Å². The first-order valence-corrected chi connectivity index (χ1v) is 4.69. The Balaban J connectivity index is 2.51. The number of aliphatic hydroxyl groups is 1. The molecule has 0 amide bonds. The Kier molecular flexibility index (Phi) is 3.29. The summed E-state index contributed by atoms with van der Waals surface area (Å²) < 4.78 is 7.25. The van der Waals surface area contributed by atoms with Gasteiger partial charge < -0.3 is 14.4 Å². The van der Waals surface area contributed by atoms with Gasteiger partial charge in [0.15, 0.2) is 0 Å². The lowest BCUT2D eigenvalue weighted by Gasteiger charge is -2.21. The van der Waals surface area contributed by atoms with E-state index >= 15 is 0 Å². The van der Waals surface area contributed by atoms with Crippen molar-refractivity contribution in [3.63, 3.8) is 0 Å². The van der Waals surface area contributed by atoms with E-state index in [-0.39, 0.29) is 12.2 Å². The van der Waals surface area contributed by atoms with Gasteiger partial charge in [0.25, 0.3) is 0 Å². The minimum absolute atomic E-state index is 0.230. The first kappa shape index (κ1) is 11.2. The second kappa shape index (κ2) is 4.11. The van der Waals surface area contributed by atoms with Crippen LogP contribution in [0, 0.1) is 0 Å². The lowest BCUT2D eigenvalue weighted by molar-refractivity contribution is -0.0524. The Bertz CT molecular complexity index is 289. The second-order valence-electron chi connectivity index (χ2n) is 4.34. The summed E-state index contributed by atoms with van der Waals surface area (Å²) in [5, 5.41) is 9.75. The lowest BCUT2D eigenvalue weighted by atomic mass is 10.2. The molecule has 0 fully saturated rings. The Hall–Kier alpha value is -0.870. The SMILES string of the molecule is Cn1ccnc1C(O)COC(C)(C)C. The summed E-state index contributed by atoms with van der Waals surface area (Å²) in [5.74, 6) is 0.634. The molecule has 0 spiro atoms. The lowest BCUT2D eigenvalue weighted by Crippen LogP contribution is -2.23. The smallest absolute Gasteiger partial charge is 0.139 e. The van der Waals surface area contributed by atoms with E-state index in [9.17, 15) is 5.11 Å². The quantitative estimate of drug-likeness (QED) is 0.795. The van der Waals surface area contributed by atoms with Gasteiger partial charge in [-0.1, -0.05) is 0 Å². The fourth-order valence-electron chi connectivity index (χ4n) is 1.10. The molecule has 4 heteroatoms.